The Labute approximate surface area is 68.3 Å². The second-order valence-corrected chi connectivity index (χ2v) is 3.30. The van der Waals surface area contributed by atoms with Crippen LogP contribution in [-0.4, -0.2) is 18.5 Å². The van der Waals surface area contributed by atoms with Crippen molar-refractivity contribution in [2.45, 2.75) is 33.2 Å². The van der Waals surface area contributed by atoms with Crippen LogP contribution < -0.4 is 11.1 Å². The summed E-state index contributed by atoms with van der Waals surface area (Å²) in [5, 5.41) is 2.80. The van der Waals surface area contributed by atoms with Crippen molar-refractivity contribution in [1.29, 1.82) is 0 Å². The maximum Gasteiger partial charge on any atom is 0.220 e. The third-order valence-corrected chi connectivity index (χ3v) is 1.35. The van der Waals surface area contributed by atoms with E-state index in [4.69, 9.17) is 5.73 Å². The molecule has 0 aromatic carbocycles. The van der Waals surface area contributed by atoms with Gasteiger partial charge in [0.05, 0.1) is 0 Å². The number of rotatable bonds is 4. The molecule has 0 saturated heterocycles. The van der Waals surface area contributed by atoms with Crippen LogP contribution in [0.2, 0.25) is 0 Å². The minimum atomic E-state index is 0.0953. The Morgan fingerprint density at radius 2 is 2.00 bits per heavy atom. The Bertz CT molecular complexity index is 123. The zero-order valence-corrected chi connectivity index (χ0v) is 7.55. The molecule has 3 nitrogen and oxygen atoms in total. The minimum absolute atomic E-state index is 0.0953. The second-order valence-electron chi connectivity index (χ2n) is 3.30. The van der Waals surface area contributed by atoms with Gasteiger partial charge in [-0.05, 0) is 12.8 Å². The van der Waals surface area contributed by atoms with E-state index in [9.17, 15) is 4.79 Å². The van der Waals surface area contributed by atoms with Gasteiger partial charge >= 0.3 is 0 Å². The highest BCUT2D eigenvalue weighted by atomic mass is 16.1. The molecule has 0 aromatic heterocycles. The molecule has 11 heavy (non-hydrogen) atoms. The van der Waals surface area contributed by atoms with Crippen LogP contribution in [0.25, 0.3) is 0 Å². The SMILES string of the molecule is CC(C)CC(=O)N[C@H](C)CN. The van der Waals surface area contributed by atoms with Crippen molar-refractivity contribution in [3.63, 3.8) is 0 Å². The van der Waals surface area contributed by atoms with Crippen LogP contribution in [0.1, 0.15) is 27.2 Å². The highest BCUT2D eigenvalue weighted by Gasteiger charge is 2.06. The minimum Gasteiger partial charge on any atom is -0.352 e. The lowest BCUT2D eigenvalue weighted by Crippen LogP contribution is -2.38. The first-order valence-electron chi connectivity index (χ1n) is 4.05. The normalized spacial score (nSPS) is 13.2. The number of hydrogen-bond acceptors (Lipinski definition) is 2. The number of nitrogens with one attached hydrogen (secondary N) is 1. The van der Waals surface area contributed by atoms with E-state index < -0.39 is 0 Å². The largest absolute Gasteiger partial charge is 0.352 e. The van der Waals surface area contributed by atoms with Gasteiger partial charge in [-0.3, -0.25) is 4.79 Å². The zero-order valence-electron chi connectivity index (χ0n) is 7.55. The second kappa shape index (κ2) is 5.13. The standard InChI is InChI=1S/C8H18N2O/c1-6(2)4-8(11)10-7(3)5-9/h6-7H,4-5,9H2,1-3H3,(H,10,11)/t7-/m1/s1. The lowest BCUT2D eigenvalue weighted by atomic mass is 10.1. The monoisotopic (exact) mass is 158 g/mol. The molecule has 3 N–H and O–H groups in total. The van der Waals surface area contributed by atoms with Crippen molar-refractivity contribution >= 4 is 5.91 Å². The van der Waals surface area contributed by atoms with E-state index in [-0.39, 0.29) is 11.9 Å². The van der Waals surface area contributed by atoms with Crippen molar-refractivity contribution in [3.8, 4) is 0 Å². The van der Waals surface area contributed by atoms with Crippen molar-refractivity contribution in [1.82, 2.24) is 5.32 Å². The average molecular weight is 158 g/mol. The van der Waals surface area contributed by atoms with Crippen LogP contribution in [0, 0.1) is 5.92 Å². The summed E-state index contributed by atoms with van der Waals surface area (Å²) in [5.41, 5.74) is 5.34. The molecule has 66 valence electrons. The van der Waals surface area contributed by atoms with Crippen molar-refractivity contribution in [2.75, 3.05) is 6.54 Å². The van der Waals surface area contributed by atoms with Crippen LogP contribution in [0.4, 0.5) is 0 Å². The molecule has 0 aliphatic heterocycles. The summed E-state index contributed by atoms with van der Waals surface area (Å²) in [4.78, 5) is 11.1. The summed E-state index contributed by atoms with van der Waals surface area (Å²) in [5.74, 6) is 0.512. The van der Waals surface area contributed by atoms with Gasteiger partial charge in [0.2, 0.25) is 5.91 Å². The zero-order chi connectivity index (χ0) is 8.85. The van der Waals surface area contributed by atoms with Crippen LogP contribution in [0.5, 0.6) is 0 Å². The molecule has 0 aliphatic carbocycles. The smallest absolute Gasteiger partial charge is 0.220 e. The van der Waals surface area contributed by atoms with E-state index in [0.29, 0.717) is 18.9 Å². The molecular weight excluding hydrogens is 140 g/mol. The van der Waals surface area contributed by atoms with Crippen molar-refractivity contribution in [3.05, 3.63) is 0 Å². The van der Waals surface area contributed by atoms with Gasteiger partial charge in [0, 0.05) is 19.0 Å². The number of carbonyl (C=O) groups excluding carboxylic acids is 1. The topological polar surface area (TPSA) is 55.1 Å². The fourth-order valence-corrected chi connectivity index (χ4v) is 0.763. The molecule has 0 heterocycles. The summed E-state index contributed by atoms with van der Waals surface area (Å²) in [7, 11) is 0. The maximum atomic E-state index is 11.1. The molecule has 0 aromatic rings. The predicted octanol–water partition coefficient (Wildman–Crippen LogP) is 0.496. The Kier molecular flexibility index (Phi) is 4.86. The molecule has 0 fully saturated rings. The summed E-state index contributed by atoms with van der Waals surface area (Å²) in [6, 6.07) is 0.0984. The third-order valence-electron chi connectivity index (χ3n) is 1.35. The molecule has 1 atom stereocenters. The molecule has 0 aliphatic rings. The third kappa shape index (κ3) is 5.85. The van der Waals surface area contributed by atoms with Crippen LogP contribution in [-0.2, 0) is 4.79 Å². The van der Waals surface area contributed by atoms with Gasteiger partial charge in [-0.1, -0.05) is 13.8 Å². The Morgan fingerprint density at radius 1 is 1.45 bits per heavy atom. The first-order chi connectivity index (χ1) is 5.06. The predicted molar refractivity (Wildman–Crippen MR) is 46.1 cm³/mol. The molecular formula is C8H18N2O. The molecule has 0 rings (SSSR count). The first kappa shape index (κ1) is 10.4. The van der Waals surface area contributed by atoms with E-state index in [0.717, 1.165) is 0 Å². The lowest BCUT2D eigenvalue weighted by Gasteiger charge is -2.11. The van der Waals surface area contributed by atoms with Gasteiger partial charge < -0.3 is 11.1 Å². The quantitative estimate of drug-likeness (QED) is 0.626. The van der Waals surface area contributed by atoms with Gasteiger partial charge in [0.1, 0.15) is 0 Å². The molecule has 0 radical (unpaired) electrons. The molecule has 0 saturated carbocycles. The average Bonchev–Trinajstić information content (AvgIpc) is 1.85. The Balaban J connectivity index is 3.52. The van der Waals surface area contributed by atoms with Gasteiger partial charge in [-0.2, -0.15) is 0 Å². The van der Waals surface area contributed by atoms with E-state index in [2.05, 4.69) is 5.32 Å². The van der Waals surface area contributed by atoms with Gasteiger partial charge in [-0.25, -0.2) is 0 Å². The molecule has 3 heteroatoms. The number of nitrogens with two attached hydrogens (primary N) is 1. The van der Waals surface area contributed by atoms with Crippen LogP contribution in [0.3, 0.4) is 0 Å². The number of hydrogen-bond donors (Lipinski definition) is 2. The summed E-state index contributed by atoms with van der Waals surface area (Å²) in [6.45, 7) is 6.45. The van der Waals surface area contributed by atoms with E-state index in [1.54, 1.807) is 0 Å². The summed E-state index contributed by atoms with van der Waals surface area (Å²) in [6.07, 6.45) is 0.588. The van der Waals surface area contributed by atoms with Gasteiger partial charge in [0.15, 0.2) is 0 Å². The number of amides is 1. The molecule has 0 spiro atoms. The lowest BCUT2D eigenvalue weighted by molar-refractivity contribution is -0.122. The molecule has 0 bridgehead atoms. The van der Waals surface area contributed by atoms with Crippen LogP contribution in [0.15, 0.2) is 0 Å². The van der Waals surface area contributed by atoms with E-state index >= 15 is 0 Å². The van der Waals surface area contributed by atoms with Crippen LogP contribution >= 0.6 is 0 Å². The fraction of sp³-hybridized carbons (Fsp3) is 0.875. The van der Waals surface area contributed by atoms with Gasteiger partial charge in [-0.15, -0.1) is 0 Å². The summed E-state index contributed by atoms with van der Waals surface area (Å²) < 4.78 is 0. The maximum absolute atomic E-state index is 11.1. The fourth-order valence-electron chi connectivity index (χ4n) is 0.763. The highest BCUT2D eigenvalue weighted by Crippen LogP contribution is 1.98. The van der Waals surface area contributed by atoms with E-state index in [1.807, 2.05) is 20.8 Å². The van der Waals surface area contributed by atoms with Gasteiger partial charge in [0.25, 0.3) is 0 Å². The molecule has 1 amide bonds. The summed E-state index contributed by atoms with van der Waals surface area (Å²) >= 11 is 0. The van der Waals surface area contributed by atoms with E-state index in [1.165, 1.54) is 0 Å². The first-order valence-corrected chi connectivity index (χ1v) is 4.05. The van der Waals surface area contributed by atoms with Crippen molar-refractivity contribution < 1.29 is 4.79 Å². The Hall–Kier alpha value is -0.570. The molecule has 0 unspecified atom stereocenters. The Morgan fingerprint density at radius 3 is 2.36 bits per heavy atom. The van der Waals surface area contributed by atoms with Crippen molar-refractivity contribution in [2.24, 2.45) is 11.7 Å². The highest BCUT2D eigenvalue weighted by molar-refractivity contribution is 5.76. The number of carbonyl (C=O) groups is 1.